The van der Waals surface area contributed by atoms with Crippen molar-refractivity contribution in [1.29, 1.82) is 0 Å². The Bertz CT molecular complexity index is 880. The van der Waals surface area contributed by atoms with Crippen LogP contribution in [-0.4, -0.2) is 64.3 Å². The molecule has 1 aliphatic heterocycles. The van der Waals surface area contributed by atoms with Crippen LogP contribution in [0, 0.1) is 0 Å². The maximum Gasteiger partial charge on any atom is 0.248 e. The normalized spacial score (nSPS) is 12.7. The fraction of sp³-hybridized carbons (Fsp3) is 0.389. The molecule has 9 heteroatoms. The van der Waals surface area contributed by atoms with Gasteiger partial charge in [0.15, 0.2) is 11.5 Å². The average molecular weight is 386 g/mol. The van der Waals surface area contributed by atoms with Gasteiger partial charge in [0.05, 0.1) is 0 Å². The van der Waals surface area contributed by atoms with Crippen molar-refractivity contribution in [3.8, 4) is 17.4 Å². The van der Waals surface area contributed by atoms with E-state index >= 15 is 0 Å². The number of aromatic nitrogens is 4. The summed E-state index contributed by atoms with van der Waals surface area (Å²) in [4.78, 5) is 13.2. The minimum atomic E-state index is 0.301. The Morgan fingerprint density at radius 3 is 2.85 bits per heavy atom. The maximum absolute atomic E-state index is 5.48. The van der Waals surface area contributed by atoms with Crippen LogP contribution in [0.1, 0.15) is 5.56 Å². The van der Waals surface area contributed by atoms with Crippen molar-refractivity contribution in [3.63, 3.8) is 0 Å². The Hall–Kier alpha value is -2.65. The van der Waals surface area contributed by atoms with Crippen molar-refractivity contribution in [2.75, 3.05) is 45.4 Å². The molecule has 0 saturated heterocycles. The van der Waals surface area contributed by atoms with E-state index in [-0.39, 0.29) is 0 Å². The molecule has 1 aliphatic rings. The van der Waals surface area contributed by atoms with Crippen LogP contribution >= 0.6 is 11.5 Å². The highest BCUT2D eigenvalue weighted by atomic mass is 32.1. The van der Waals surface area contributed by atoms with Gasteiger partial charge in [-0.25, -0.2) is 4.98 Å². The molecule has 8 nitrogen and oxygen atoms in total. The zero-order valence-corrected chi connectivity index (χ0v) is 16.2. The van der Waals surface area contributed by atoms with Gasteiger partial charge in [0, 0.05) is 43.6 Å². The topological polar surface area (TPSA) is 68.5 Å². The second kappa shape index (κ2) is 7.93. The van der Waals surface area contributed by atoms with E-state index in [1.165, 1.54) is 17.1 Å². The summed E-state index contributed by atoms with van der Waals surface area (Å²) < 4.78 is 17.2. The van der Waals surface area contributed by atoms with Crippen molar-refractivity contribution in [1.82, 2.24) is 23.8 Å². The summed E-state index contributed by atoms with van der Waals surface area (Å²) in [6.45, 7) is 2.98. The van der Waals surface area contributed by atoms with Crippen molar-refractivity contribution in [2.24, 2.45) is 0 Å². The zero-order valence-electron chi connectivity index (χ0n) is 15.4. The second-order valence-electron chi connectivity index (χ2n) is 6.57. The molecule has 0 saturated carbocycles. The van der Waals surface area contributed by atoms with Crippen LogP contribution in [0.5, 0.6) is 11.5 Å². The van der Waals surface area contributed by atoms with E-state index in [2.05, 4.69) is 45.4 Å². The highest BCUT2D eigenvalue weighted by Gasteiger charge is 2.16. The molecular formula is C18H22N6O2S. The molecule has 0 bridgehead atoms. The summed E-state index contributed by atoms with van der Waals surface area (Å²) in [5.74, 6) is 2.30. The van der Waals surface area contributed by atoms with Gasteiger partial charge in [0.1, 0.15) is 6.33 Å². The van der Waals surface area contributed by atoms with Gasteiger partial charge < -0.3 is 19.3 Å². The van der Waals surface area contributed by atoms with E-state index in [0.717, 1.165) is 42.7 Å². The molecule has 3 aromatic rings. The van der Waals surface area contributed by atoms with Gasteiger partial charge in [-0.15, -0.1) is 0 Å². The van der Waals surface area contributed by atoms with E-state index in [1.54, 1.807) is 12.5 Å². The van der Waals surface area contributed by atoms with Crippen molar-refractivity contribution < 1.29 is 9.47 Å². The van der Waals surface area contributed by atoms with Crippen molar-refractivity contribution in [2.45, 2.75) is 6.42 Å². The largest absolute Gasteiger partial charge is 0.454 e. The standard InChI is InChI=1S/C18H22N6O2S/c1-22(2)9-10-23(18-20-17(21-27-18)24-8-6-19-12-24)7-5-14-3-4-15-16(11-14)26-13-25-15/h3-4,6,8,11-12H,5,7,9-10,13H2,1-2H3. The Kier molecular flexibility index (Phi) is 5.21. The molecule has 27 heavy (non-hydrogen) atoms. The van der Waals surface area contributed by atoms with E-state index in [9.17, 15) is 0 Å². The smallest absolute Gasteiger partial charge is 0.248 e. The van der Waals surface area contributed by atoms with Crippen LogP contribution in [0.15, 0.2) is 36.9 Å². The lowest BCUT2D eigenvalue weighted by molar-refractivity contribution is 0.174. The van der Waals surface area contributed by atoms with Crippen LogP contribution in [0.4, 0.5) is 5.13 Å². The summed E-state index contributed by atoms with van der Waals surface area (Å²) in [6.07, 6.45) is 6.18. The van der Waals surface area contributed by atoms with Gasteiger partial charge in [-0.2, -0.15) is 9.36 Å². The molecule has 0 unspecified atom stereocenters. The first-order chi connectivity index (χ1) is 13.2. The Labute approximate surface area is 162 Å². The summed E-state index contributed by atoms with van der Waals surface area (Å²) in [7, 11) is 4.15. The Morgan fingerprint density at radius 2 is 2.04 bits per heavy atom. The van der Waals surface area contributed by atoms with Gasteiger partial charge in [0.2, 0.25) is 17.9 Å². The number of benzene rings is 1. The third-order valence-electron chi connectivity index (χ3n) is 4.33. The van der Waals surface area contributed by atoms with Crippen LogP contribution in [-0.2, 0) is 6.42 Å². The van der Waals surface area contributed by atoms with Gasteiger partial charge in [-0.05, 0) is 38.2 Å². The molecule has 0 aliphatic carbocycles. The molecule has 0 amide bonds. The molecule has 0 spiro atoms. The maximum atomic E-state index is 5.48. The number of anilines is 1. The number of hydrogen-bond donors (Lipinski definition) is 0. The fourth-order valence-electron chi connectivity index (χ4n) is 2.80. The molecule has 0 fully saturated rings. The lowest BCUT2D eigenvalue weighted by atomic mass is 10.1. The van der Waals surface area contributed by atoms with Crippen molar-refractivity contribution in [3.05, 3.63) is 42.5 Å². The summed E-state index contributed by atoms with van der Waals surface area (Å²) >= 11 is 1.42. The van der Waals surface area contributed by atoms with E-state index in [0.29, 0.717) is 12.7 Å². The number of rotatable bonds is 8. The Morgan fingerprint density at radius 1 is 1.15 bits per heavy atom. The third-order valence-corrected chi connectivity index (χ3v) is 5.10. The lowest BCUT2D eigenvalue weighted by Gasteiger charge is -2.23. The van der Waals surface area contributed by atoms with Gasteiger partial charge in [-0.3, -0.25) is 4.57 Å². The monoisotopic (exact) mass is 386 g/mol. The quantitative estimate of drug-likeness (QED) is 0.587. The van der Waals surface area contributed by atoms with E-state index in [4.69, 9.17) is 14.5 Å². The van der Waals surface area contributed by atoms with Gasteiger partial charge >= 0.3 is 0 Å². The van der Waals surface area contributed by atoms with Crippen LogP contribution in [0.25, 0.3) is 5.95 Å². The van der Waals surface area contributed by atoms with Crippen molar-refractivity contribution >= 4 is 16.7 Å². The predicted molar refractivity (Wildman–Crippen MR) is 104 cm³/mol. The number of nitrogens with zero attached hydrogens (tertiary/aromatic N) is 6. The first-order valence-electron chi connectivity index (χ1n) is 8.79. The lowest BCUT2D eigenvalue weighted by Crippen LogP contribution is -2.33. The molecule has 4 rings (SSSR count). The Balaban J connectivity index is 1.47. The summed E-state index contributed by atoms with van der Waals surface area (Å²) in [6, 6.07) is 6.13. The van der Waals surface area contributed by atoms with Gasteiger partial charge in [-0.1, -0.05) is 6.07 Å². The molecule has 1 aromatic carbocycles. The molecule has 0 radical (unpaired) electrons. The van der Waals surface area contributed by atoms with Crippen LogP contribution < -0.4 is 14.4 Å². The minimum Gasteiger partial charge on any atom is -0.454 e. The number of imidazole rings is 1. The predicted octanol–water partition coefficient (Wildman–Crippen LogP) is 2.06. The third kappa shape index (κ3) is 4.20. The number of hydrogen-bond acceptors (Lipinski definition) is 8. The first kappa shape index (κ1) is 17.7. The highest BCUT2D eigenvalue weighted by molar-refractivity contribution is 7.09. The number of ether oxygens (including phenoxy) is 2. The number of likely N-dealkylation sites (N-methyl/N-ethyl adjacent to an activating group) is 1. The molecular weight excluding hydrogens is 364 g/mol. The van der Waals surface area contributed by atoms with Gasteiger partial charge in [0.25, 0.3) is 0 Å². The number of fused-ring (bicyclic) bond motifs is 1. The first-order valence-corrected chi connectivity index (χ1v) is 9.56. The fourth-order valence-corrected chi connectivity index (χ4v) is 3.52. The summed E-state index contributed by atoms with van der Waals surface area (Å²) in [5, 5.41) is 0.918. The second-order valence-corrected chi connectivity index (χ2v) is 7.31. The SMILES string of the molecule is CN(C)CCN(CCc1ccc2c(c1)OCO2)c1nc(-n2ccnc2)ns1. The molecule has 2 aromatic heterocycles. The molecule has 0 atom stereocenters. The highest BCUT2D eigenvalue weighted by Crippen LogP contribution is 2.32. The zero-order chi connectivity index (χ0) is 18.6. The van der Waals surface area contributed by atoms with Crippen LogP contribution in [0.3, 0.4) is 0 Å². The molecule has 0 N–H and O–H groups in total. The van der Waals surface area contributed by atoms with E-state index < -0.39 is 0 Å². The minimum absolute atomic E-state index is 0.301. The summed E-state index contributed by atoms with van der Waals surface area (Å²) in [5.41, 5.74) is 1.22. The van der Waals surface area contributed by atoms with E-state index in [1.807, 2.05) is 16.8 Å². The molecule has 3 heterocycles. The van der Waals surface area contributed by atoms with Crippen LogP contribution in [0.2, 0.25) is 0 Å². The average Bonchev–Trinajstić information content (AvgIpc) is 3.41. The molecule has 142 valence electrons.